The van der Waals surface area contributed by atoms with E-state index in [0.717, 1.165) is 23.9 Å². The summed E-state index contributed by atoms with van der Waals surface area (Å²) in [5, 5.41) is 21.7. The molecule has 0 aliphatic rings. The lowest BCUT2D eigenvalue weighted by atomic mass is 10.1. The molecule has 0 radical (unpaired) electrons. The maximum absolute atomic E-state index is 13.2. The zero-order valence-electron chi connectivity index (χ0n) is 9.60. The van der Waals surface area contributed by atoms with Crippen LogP contribution in [0.3, 0.4) is 0 Å². The Bertz CT molecular complexity index is 554. The second-order valence-corrected chi connectivity index (χ2v) is 3.98. The van der Waals surface area contributed by atoms with E-state index in [1.807, 2.05) is 0 Å². The van der Waals surface area contributed by atoms with E-state index in [4.69, 9.17) is 5.26 Å². The highest BCUT2D eigenvalue weighted by molar-refractivity contribution is 8.13. The van der Waals surface area contributed by atoms with E-state index in [2.05, 4.69) is 10.3 Å². The molecule has 1 aromatic carbocycles. The molecule has 0 bridgehead atoms. The molecule has 94 valence electrons. The quantitative estimate of drug-likeness (QED) is 0.222. The van der Waals surface area contributed by atoms with E-state index < -0.39 is 10.7 Å². The third-order valence-corrected chi connectivity index (χ3v) is 2.67. The number of halogens is 1. The molecule has 0 fully saturated rings. The summed E-state index contributed by atoms with van der Waals surface area (Å²) >= 11 is 1.14. The number of rotatable bonds is 2. The van der Waals surface area contributed by atoms with Crippen molar-refractivity contribution in [1.29, 1.82) is 5.26 Å². The lowest BCUT2D eigenvalue weighted by Crippen LogP contribution is -2.12. The molecule has 6 nitrogen and oxygen atoms in total. The van der Waals surface area contributed by atoms with E-state index in [9.17, 15) is 14.5 Å². The van der Waals surface area contributed by atoms with Gasteiger partial charge in [0.15, 0.2) is 11.4 Å². The van der Waals surface area contributed by atoms with Gasteiger partial charge in [-0.25, -0.2) is 9.38 Å². The Balaban J connectivity index is 3.33. The Morgan fingerprint density at radius 3 is 2.83 bits per heavy atom. The minimum atomic E-state index is -0.747. The molecule has 0 aliphatic carbocycles. The zero-order chi connectivity index (χ0) is 13.7. The standard InChI is InChI=1S/C10H9FN4O2S/c1-6-8(14-10(18-2)13-5-12)3-7(11)4-9(6)15(16)17/h3-4H,1-2H3,(H,13,14). The second kappa shape index (κ2) is 5.97. The molecule has 1 aromatic rings. The van der Waals surface area contributed by atoms with Crippen molar-refractivity contribution in [2.24, 2.45) is 4.99 Å². The number of nitrogens with one attached hydrogen (secondary N) is 1. The SMILES string of the molecule is CSC(=Nc1cc(F)cc([N+](=O)[O-])c1C)NC#N. The molecule has 0 amide bonds. The number of hydrogen-bond donors (Lipinski definition) is 1. The average molecular weight is 268 g/mol. The van der Waals surface area contributed by atoms with Crippen LogP contribution in [0.2, 0.25) is 0 Å². The largest absolute Gasteiger partial charge is 0.277 e. The van der Waals surface area contributed by atoms with Crippen molar-refractivity contribution < 1.29 is 9.31 Å². The summed E-state index contributed by atoms with van der Waals surface area (Å²) in [6.07, 6.45) is 3.35. The number of benzene rings is 1. The van der Waals surface area contributed by atoms with Crippen LogP contribution in [-0.4, -0.2) is 16.3 Å². The van der Waals surface area contributed by atoms with Gasteiger partial charge in [-0.1, -0.05) is 11.8 Å². The Kier molecular flexibility index (Phi) is 4.62. The maximum Gasteiger partial charge on any atom is 0.277 e. The first-order chi connectivity index (χ1) is 8.49. The van der Waals surface area contributed by atoms with Crippen LogP contribution in [-0.2, 0) is 0 Å². The fraction of sp³-hybridized carbons (Fsp3) is 0.200. The van der Waals surface area contributed by atoms with Crippen molar-refractivity contribution in [2.45, 2.75) is 6.92 Å². The molecule has 8 heteroatoms. The summed E-state index contributed by atoms with van der Waals surface area (Å²) in [6, 6.07) is 1.92. The van der Waals surface area contributed by atoms with Gasteiger partial charge in [-0.15, -0.1) is 0 Å². The van der Waals surface area contributed by atoms with Crippen LogP contribution in [0, 0.1) is 34.3 Å². The van der Waals surface area contributed by atoms with E-state index in [-0.39, 0.29) is 22.1 Å². The first-order valence-corrected chi connectivity index (χ1v) is 5.94. The van der Waals surface area contributed by atoms with Gasteiger partial charge in [0.2, 0.25) is 0 Å². The molecule has 0 spiro atoms. The number of thioether (sulfide) groups is 1. The topological polar surface area (TPSA) is 91.3 Å². The van der Waals surface area contributed by atoms with Gasteiger partial charge in [0.1, 0.15) is 5.82 Å². The third kappa shape index (κ3) is 3.18. The summed E-state index contributed by atoms with van der Waals surface area (Å²) in [5.74, 6) is -0.747. The van der Waals surface area contributed by atoms with Gasteiger partial charge < -0.3 is 0 Å². The Morgan fingerprint density at radius 2 is 2.33 bits per heavy atom. The highest BCUT2D eigenvalue weighted by Gasteiger charge is 2.16. The summed E-state index contributed by atoms with van der Waals surface area (Å²) in [4.78, 5) is 14.0. The Hall–Kier alpha value is -2.14. The van der Waals surface area contributed by atoms with Crippen molar-refractivity contribution in [1.82, 2.24) is 5.32 Å². The van der Waals surface area contributed by atoms with Crippen LogP contribution in [0.1, 0.15) is 5.56 Å². The number of nitro benzene ring substituents is 1. The van der Waals surface area contributed by atoms with Gasteiger partial charge in [-0.3, -0.25) is 15.4 Å². The van der Waals surface area contributed by atoms with Gasteiger partial charge in [0.05, 0.1) is 22.2 Å². The lowest BCUT2D eigenvalue weighted by Gasteiger charge is -2.04. The van der Waals surface area contributed by atoms with Gasteiger partial charge in [0, 0.05) is 6.07 Å². The number of nitrogens with zero attached hydrogens (tertiary/aromatic N) is 3. The summed E-state index contributed by atoms with van der Waals surface area (Å²) < 4.78 is 13.2. The van der Waals surface area contributed by atoms with Crippen molar-refractivity contribution in [2.75, 3.05) is 6.26 Å². The average Bonchev–Trinajstić information content (AvgIpc) is 2.32. The van der Waals surface area contributed by atoms with E-state index in [0.29, 0.717) is 0 Å². The van der Waals surface area contributed by atoms with Gasteiger partial charge in [-0.05, 0) is 13.2 Å². The molecule has 0 saturated carbocycles. The molecule has 0 aromatic heterocycles. The zero-order valence-corrected chi connectivity index (χ0v) is 10.4. The molecule has 0 atom stereocenters. The predicted octanol–water partition coefficient (Wildman–Crippen LogP) is 2.46. The van der Waals surface area contributed by atoms with Crippen LogP contribution in [0.5, 0.6) is 0 Å². The van der Waals surface area contributed by atoms with Gasteiger partial charge >= 0.3 is 0 Å². The first-order valence-electron chi connectivity index (χ1n) is 4.72. The van der Waals surface area contributed by atoms with Crippen LogP contribution in [0.4, 0.5) is 15.8 Å². The van der Waals surface area contributed by atoms with Crippen LogP contribution in [0.15, 0.2) is 17.1 Å². The van der Waals surface area contributed by atoms with Crippen molar-refractivity contribution in [3.05, 3.63) is 33.6 Å². The van der Waals surface area contributed by atoms with Crippen molar-refractivity contribution in [3.8, 4) is 6.19 Å². The number of hydrogen-bond acceptors (Lipinski definition) is 5. The van der Waals surface area contributed by atoms with Crippen molar-refractivity contribution in [3.63, 3.8) is 0 Å². The molecular weight excluding hydrogens is 259 g/mol. The molecule has 18 heavy (non-hydrogen) atoms. The van der Waals surface area contributed by atoms with E-state index >= 15 is 0 Å². The first kappa shape index (κ1) is 13.9. The van der Waals surface area contributed by atoms with Crippen LogP contribution < -0.4 is 5.32 Å². The minimum Gasteiger partial charge on any atom is -0.271 e. The van der Waals surface area contributed by atoms with Crippen LogP contribution in [0.25, 0.3) is 0 Å². The number of nitriles is 1. The normalized spacial score (nSPS) is 10.9. The summed E-state index contributed by atoms with van der Waals surface area (Å²) in [5.41, 5.74) is 0.0210. The van der Waals surface area contributed by atoms with Gasteiger partial charge in [0.25, 0.3) is 5.69 Å². The van der Waals surface area contributed by atoms with Crippen molar-refractivity contribution >= 4 is 28.3 Å². The second-order valence-electron chi connectivity index (χ2n) is 3.18. The predicted molar refractivity (Wildman–Crippen MR) is 67.2 cm³/mol. The smallest absolute Gasteiger partial charge is 0.271 e. The monoisotopic (exact) mass is 268 g/mol. The Morgan fingerprint density at radius 1 is 1.67 bits per heavy atom. The lowest BCUT2D eigenvalue weighted by molar-refractivity contribution is -0.385. The van der Waals surface area contributed by atoms with E-state index in [1.165, 1.54) is 6.92 Å². The molecular formula is C10H9FN4O2S. The molecule has 1 rings (SSSR count). The fourth-order valence-corrected chi connectivity index (χ4v) is 1.58. The summed E-state index contributed by atoms with van der Waals surface area (Å²) in [6.45, 7) is 1.47. The molecule has 0 saturated heterocycles. The number of aliphatic imine (C=N–C) groups is 1. The Labute approximate surface area is 107 Å². The van der Waals surface area contributed by atoms with E-state index in [1.54, 1.807) is 12.4 Å². The maximum atomic E-state index is 13.2. The highest BCUT2D eigenvalue weighted by Crippen LogP contribution is 2.29. The molecule has 0 heterocycles. The fourth-order valence-electron chi connectivity index (χ4n) is 1.24. The number of nitro groups is 1. The van der Waals surface area contributed by atoms with Gasteiger partial charge in [-0.2, -0.15) is 5.26 Å². The minimum absolute atomic E-state index is 0.119. The third-order valence-electron chi connectivity index (χ3n) is 2.09. The molecule has 0 aliphatic heterocycles. The van der Waals surface area contributed by atoms with Crippen LogP contribution >= 0.6 is 11.8 Å². The summed E-state index contributed by atoms with van der Waals surface area (Å²) in [7, 11) is 0. The highest BCUT2D eigenvalue weighted by atomic mass is 32.2. The molecule has 1 N–H and O–H groups in total. The molecule has 0 unspecified atom stereocenters. The number of amidine groups is 1.